The molecule has 2 N–H and O–H groups in total. The van der Waals surface area contributed by atoms with E-state index in [0.717, 1.165) is 5.56 Å². The largest absolute Gasteiger partial charge is 0.391 e. The molecule has 0 radical (unpaired) electrons. The molecule has 1 atom stereocenters. The lowest BCUT2D eigenvalue weighted by Gasteiger charge is -2.05. The van der Waals surface area contributed by atoms with E-state index in [9.17, 15) is 9.90 Å². The van der Waals surface area contributed by atoms with Crippen molar-refractivity contribution in [3.05, 3.63) is 35.4 Å². The van der Waals surface area contributed by atoms with Crippen LogP contribution >= 0.6 is 0 Å². The van der Waals surface area contributed by atoms with Crippen LogP contribution in [-0.2, 0) is 6.42 Å². The minimum atomic E-state index is -0.465. The topological polar surface area (TPSA) is 49.3 Å². The molecule has 0 saturated heterocycles. The molecule has 1 aromatic rings. The van der Waals surface area contributed by atoms with Crippen molar-refractivity contribution in [2.45, 2.75) is 12.5 Å². The van der Waals surface area contributed by atoms with Gasteiger partial charge in [-0.25, -0.2) is 0 Å². The fraction of sp³-hybridized carbons (Fsp3) is 0.300. The molecule has 1 amide bonds. The van der Waals surface area contributed by atoms with Crippen molar-refractivity contribution < 1.29 is 9.90 Å². The van der Waals surface area contributed by atoms with E-state index in [4.69, 9.17) is 0 Å². The summed E-state index contributed by atoms with van der Waals surface area (Å²) in [5, 5.41) is 12.1. The second-order valence-electron chi connectivity index (χ2n) is 3.23. The molecule has 0 saturated carbocycles. The van der Waals surface area contributed by atoms with Gasteiger partial charge in [0.15, 0.2) is 0 Å². The summed E-state index contributed by atoms with van der Waals surface area (Å²) in [5.74, 6) is -0.0906. The first-order valence-corrected chi connectivity index (χ1v) is 4.31. The predicted molar refractivity (Wildman–Crippen MR) is 48.5 cm³/mol. The van der Waals surface area contributed by atoms with E-state index in [0.29, 0.717) is 18.5 Å². The summed E-state index contributed by atoms with van der Waals surface area (Å²) in [4.78, 5) is 11.4. The normalized spacial score (nSPS) is 21.6. The van der Waals surface area contributed by atoms with E-state index in [-0.39, 0.29) is 5.91 Å². The minimum absolute atomic E-state index is 0.0906. The Bertz CT molecular complexity index is 335. The summed E-state index contributed by atoms with van der Waals surface area (Å²) in [6, 6.07) is 7.37. The van der Waals surface area contributed by atoms with Gasteiger partial charge < -0.3 is 10.4 Å². The Hall–Kier alpha value is -1.35. The zero-order valence-electron chi connectivity index (χ0n) is 7.16. The minimum Gasteiger partial charge on any atom is -0.391 e. The second kappa shape index (κ2) is 3.18. The Balaban J connectivity index is 2.43. The molecule has 2 rings (SSSR count). The Morgan fingerprint density at radius 3 is 3.00 bits per heavy atom. The monoisotopic (exact) mass is 177 g/mol. The number of aliphatic hydroxyl groups excluding tert-OH is 1. The summed E-state index contributed by atoms with van der Waals surface area (Å²) in [6.45, 7) is 0.341. The summed E-state index contributed by atoms with van der Waals surface area (Å²) < 4.78 is 0. The van der Waals surface area contributed by atoms with Gasteiger partial charge in [-0.15, -0.1) is 0 Å². The Kier molecular flexibility index (Phi) is 2.02. The van der Waals surface area contributed by atoms with Crippen molar-refractivity contribution >= 4 is 5.91 Å². The number of nitrogens with one attached hydrogen (secondary N) is 1. The summed E-state index contributed by atoms with van der Waals surface area (Å²) in [7, 11) is 0. The fourth-order valence-electron chi connectivity index (χ4n) is 1.55. The van der Waals surface area contributed by atoms with Crippen molar-refractivity contribution in [1.29, 1.82) is 0 Å². The van der Waals surface area contributed by atoms with Crippen LogP contribution in [0.25, 0.3) is 0 Å². The number of benzene rings is 1. The van der Waals surface area contributed by atoms with Gasteiger partial charge in [0.05, 0.1) is 6.10 Å². The zero-order valence-corrected chi connectivity index (χ0v) is 7.16. The number of aliphatic hydroxyl groups is 1. The Labute approximate surface area is 76.4 Å². The van der Waals surface area contributed by atoms with Crippen LogP contribution in [0.3, 0.4) is 0 Å². The smallest absolute Gasteiger partial charge is 0.251 e. The van der Waals surface area contributed by atoms with E-state index in [1.807, 2.05) is 18.2 Å². The third-order valence-corrected chi connectivity index (χ3v) is 2.22. The molecular formula is C10H11NO2. The van der Waals surface area contributed by atoms with Gasteiger partial charge in [-0.1, -0.05) is 18.2 Å². The number of hydrogen-bond acceptors (Lipinski definition) is 2. The number of rotatable bonds is 0. The lowest BCUT2D eigenvalue weighted by molar-refractivity contribution is 0.0931. The van der Waals surface area contributed by atoms with Crippen LogP contribution in [0.1, 0.15) is 15.9 Å². The molecule has 0 aromatic heterocycles. The van der Waals surface area contributed by atoms with Crippen molar-refractivity contribution in [2.24, 2.45) is 0 Å². The van der Waals surface area contributed by atoms with E-state index >= 15 is 0 Å². The Morgan fingerprint density at radius 1 is 1.38 bits per heavy atom. The molecule has 1 aromatic carbocycles. The molecule has 1 unspecified atom stereocenters. The first kappa shape index (κ1) is 8.26. The molecule has 13 heavy (non-hydrogen) atoms. The van der Waals surface area contributed by atoms with Crippen LogP contribution in [0, 0.1) is 0 Å². The van der Waals surface area contributed by atoms with Crippen LogP contribution in [0.4, 0.5) is 0 Å². The average molecular weight is 177 g/mol. The van der Waals surface area contributed by atoms with Gasteiger partial charge in [-0.2, -0.15) is 0 Å². The van der Waals surface area contributed by atoms with E-state index in [1.165, 1.54) is 0 Å². The fourth-order valence-corrected chi connectivity index (χ4v) is 1.55. The molecule has 1 aliphatic heterocycles. The first-order chi connectivity index (χ1) is 6.27. The molecule has 68 valence electrons. The van der Waals surface area contributed by atoms with E-state index in [1.54, 1.807) is 6.07 Å². The van der Waals surface area contributed by atoms with Crippen molar-refractivity contribution in [3.63, 3.8) is 0 Å². The van der Waals surface area contributed by atoms with Gasteiger partial charge >= 0.3 is 0 Å². The van der Waals surface area contributed by atoms with Gasteiger partial charge in [0.2, 0.25) is 0 Å². The van der Waals surface area contributed by atoms with Gasteiger partial charge in [-0.3, -0.25) is 4.79 Å². The zero-order chi connectivity index (χ0) is 9.26. The number of β-amino-alcohol motifs (C(OH)–C–C–N with tert-alkyl or cyclic N) is 1. The SMILES string of the molecule is O=C1NCC(O)Cc2ccccc21. The molecule has 0 spiro atoms. The maximum Gasteiger partial charge on any atom is 0.251 e. The molecule has 0 bridgehead atoms. The van der Waals surface area contributed by atoms with E-state index in [2.05, 4.69) is 5.32 Å². The molecular weight excluding hydrogens is 166 g/mol. The Morgan fingerprint density at radius 2 is 2.15 bits per heavy atom. The maximum absolute atomic E-state index is 11.4. The highest BCUT2D eigenvalue weighted by Gasteiger charge is 2.18. The highest BCUT2D eigenvalue weighted by atomic mass is 16.3. The number of amides is 1. The highest BCUT2D eigenvalue weighted by molar-refractivity contribution is 5.96. The quantitative estimate of drug-likeness (QED) is 0.600. The van der Waals surface area contributed by atoms with Crippen LogP contribution in [0.15, 0.2) is 24.3 Å². The van der Waals surface area contributed by atoms with Crippen molar-refractivity contribution in [2.75, 3.05) is 6.54 Å². The first-order valence-electron chi connectivity index (χ1n) is 4.31. The molecule has 1 heterocycles. The van der Waals surface area contributed by atoms with Crippen molar-refractivity contribution in [3.8, 4) is 0 Å². The molecule has 0 aliphatic carbocycles. The third kappa shape index (κ3) is 1.55. The number of carbonyl (C=O) groups is 1. The molecule has 1 aliphatic rings. The van der Waals surface area contributed by atoms with Gasteiger partial charge in [-0.05, 0) is 11.6 Å². The maximum atomic E-state index is 11.4. The van der Waals surface area contributed by atoms with Crippen LogP contribution in [0.5, 0.6) is 0 Å². The number of hydrogen-bond donors (Lipinski definition) is 2. The lowest BCUT2D eigenvalue weighted by atomic mass is 10.0. The highest BCUT2D eigenvalue weighted by Crippen LogP contribution is 2.13. The summed E-state index contributed by atoms with van der Waals surface area (Å²) in [5.41, 5.74) is 1.60. The number of carbonyl (C=O) groups excluding carboxylic acids is 1. The van der Waals surface area contributed by atoms with Gasteiger partial charge in [0.1, 0.15) is 0 Å². The standard InChI is InChI=1S/C10H11NO2/c12-8-5-7-3-1-2-4-9(7)10(13)11-6-8/h1-4,8,12H,5-6H2,(H,11,13). The third-order valence-electron chi connectivity index (χ3n) is 2.22. The van der Waals surface area contributed by atoms with Gasteiger partial charge in [0.25, 0.3) is 5.91 Å². The van der Waals surface area contributed by atoms with Crippen LogP contribution in [-0.4, -0.2) is 23.7 Å². The van der Waals surface area contributed by atoms with Gasteiger partial charge in [0, 0.05) is 18.5 Å². The lowest BCUT2D eigenvalue weighted by Crippen LogP contribution is -2.29. The summed E-state index contributed by atoms with van der Waals surface area (Å²) in [6.07, 6.45) is 0.0853. The van der Waals surface area contributed by atoms with Crippen molar-refractivity contribution in [1.82, 2.24) is 5.32 Å². The van der Waals surface area contributed by atoms with Crippen LogP contribution in [0.2, 0.25) is 0 Å². The average Bonchev–Trinajstić information content (AvgIpc) is 2.27. The molecule has 3 heteroatoms. The summed E-state index contributed by atoms with van der Waals surface area (Å²) >= 11 is 0. The molecule has 0 fully saturated rings. The second-order valence-corrected chi connectivity index (χ2v) is 3.23. The van der Waals surface area contributed by atoms with E-state index < -0.39 is 6.10 Å². The predicted octanol–water partition coefficient (Wildman–Crippen LogP) is 0.333. The number of fused-ring (bicyclic) bond motifs is 1. The van der Waals surface area contributed by atoms with Crippen LogP contribution < -0.4 is 5.32 Å². The molecule has 3 nitrogen and oxygen atoms in total.